The van der Waals surface area contributed by atoms with Crippen LogP contribution in [0.5, 0.6) is 0 Å². The van der Waals surface area contributed by atoms with Gasteiger partial charge in [0.1, 0.15) is 17.5 Å². The summed E-state index contributed by atoms with van der Waals surface area (Å²) in [5.41, 5.74) is 3.66. The highest BCUT2D eigenvalue weighted by atomic mass is 19.1. The largest absolute Gasteiger partial charge is 0.351 e. The van der Waals surface area contributed by atoms with E-state index in [1.807, 2.05) is 56.1 Å². The number of benzene rings is 2. The Morgan fingerprint density at radius 3 is 2.47 bits per heavy atom. The topological polar surface area (TPSA) is 118 Å². The Hall–Kier alpha value is -4.61. The maximum atomic E-state index is 15.3. The number of amides is 2. The lowest BCUT2D eigenvalue weighted by Gasteiger charge is -2.34. The first-order chi connectivity index (χ1) is 22.7. The van der Waals surface area contributed by atoms with Gasteiger partial charge >= 0.3 is 0 Å². The maximum absolute atomic E-state index is 15.3. The molecule has 4 aromatic rings. The van der Waals surface area contributed by atoms with Gasteiger partial charge in [0, 0.05) is 49.7 Å². The van der Waals surface area contributed by atoms with Gasteiger partial charge in [-0.3, -0.25) is 9.59 Å². The lowest BCUT2D eigenvalue weighted by molar-refractivity contribution is -0.135. The number of aromatic amines is 1. The van der Waals surface area contributed by atoms with Crippen LogP contribution in [-0.2, 0) is 4.79 Å². The van der Waals surface area contributed by atoms with E-state index in [-0.39, 0.29) is 29.8 Å². The van der Waals surface area contributed by atoms with E-state index < -0.39 is 5.82 Å². The number of aromatic nitrogens is 3. The van der Waals surface area contributed by atoms with E-state index in [1.165, 1.54) is 6.07 Å². The molecule has 0 radical (unpaired) electrons. The number of H-pyrrole nitrogens is 1. The number of piperazine rings is 1. The van der Waals surface area contributed by atoms with Crippen molar-refractivity contribution in [3.05, 3.63) is 84.2 Å². The highest BCUT2D eigenvalue weighted by Crippen LogP contribution is 2.33. The molecule has 4 heterocycles. The van der Waals surface area contributed by atoms with E-state index >= 15 is 4.39 Å². The van der Waals surface area contributed by atoms with Crippen molar-refractivity contribution >= 4 is 23.3 Å². The predicted molar refractivity (Wildman–Crippen MR) is 183 cm³/mol. The van der Waals surface area contributed by atoms with Crippen molar-refractivity contribution in [1.82, 2.24) is 30.5 Å². The van der Waals surface area contributed by atoms with E-state index in [4.69, 9.17) is 0 Å². The summed E-state index contributed by atoms with van der Waals surface area (Å²) >= 11 is 0. The molecule has 47 heavy (non-hydrogen) atoms. The summed E-state index contributed by atoms with van der Waals surface area (Å²) in [6.07, 6.45) is 5.14. The van der Waals surface area contributed by atoms with Crippen LogP contribution in [0.15, 0.2) is 67.0 Å². The monoisotopic (exact) mass is 638 g/mol. The minimum absolute atomic E-state index is 0.0880. The van der Waals surface area contributed by atoms with Crippen molar-refractivity contribution in [3.63, 3.8) is 0 Å². The molecular formula is C36H43FN8O2. The molecule has 6 rings (SSSR count). The molecule has 3 unspecified atom stereocenters. The lowest BCUT2D eigenvalue weighted by atomic mass is 10.0. The Kier molecular flexibility index (Phi) is 9.65. The first-order valence-electron chi connectivity index (χ1n) is 16.4. The van der Waals surface area contributed by atoms with E-state index in [0.717, 1.165) is 55.4 Å². The van der Waals surface area contributed by atoms with Gasteiger partial charge in [0.25, 0.3) is 5.91 Å². The van der Waals surface area contributed by atoms with Crippen molar-refractivity contribution in [2.24, 2.45) is 5.92 Å². The second-order valence-corrected chi connectivity index (χ2v) is 12.8. The van der Waals surface area contributed by atoms with Crippen LogP contribution in [0, 0.1) is 11.7 Å². The fourth-order valence-electron chi connectivity index (χ4n) is 6.62. The smallest absolute Gasteiger partial charge is 0.257 e. The van der Waals surface area contributed by atoms with Gasteiger partial charge in [-0.05, 0) is 74.2 Å². The number of halogens is 1. The fourth-order valence-corrected chi connectivity index (χ4v) is 6.62. The minimum Gasteiger partial charge on any atom is -0.351 e. The fraction of sp³-hybridized carbons (Fsp3) is 0.389. The van der Waals surface area contributed by atoms with Gasteiger partial charge < -0.3 is 30.7 Å². The quantitative estimate of drug-likeness (QED) is 0.198. The molecule has 2 amide bonds. The molecule has 2 aliphatic heterocycles. The van der Waals surface area contributed by atoms with E-state index in [0.29, 0.717) is 35.0 Å². The number of likely N-dealkylation sites (N-methyl/N-ethyl adjacent to an activating group) is 1. The number of imidazole rings is 1. The molecule has 2 aromatic heterocycles. The zero-order valence-corrected chi connectivity index (χ0v) is 27.4. The van der Waals surface area contributed by atoms with Crippen molar-refractivity contribution in [1.29, 1.82) is 0 Å². The van der Waals surface area contributed by atoms with Crippen LogP contribution >= 0.6 is 0 Å². The Morgan fingerprint density at radius 2 is 1.79 bits per heavy atom. The van der Waals surface area contributed by atoms with Crippen molar-refractivity contribution in [3.8, 4) is 22.4 Å². The summed E-state index contributed by atoms with van der Waals surface area (Å²) in [6.45, 7) is 9.59. The van der Waals surface area contributed by atoms with Crippen LogP contribution in [0.3, 0.4) is 0 Å². The van der Waals surface area contributed by atoms with Gasteiger partial charge in [-0.25, -0.2) is 14.4 Å². The van der Waals surface area contributed by atoms with E-state index in [1.54, 1.807) is 30.6 Å². The molecule has 2 fully saturated rings. The molecule has 10 nitrogen and oxygen atoms in total. The summed E-state index contributed by atoms with van der Waals surface area (Å²) in [5.74, 6) is 1.12. The van der Waals surface area contributed by atoms with Gasteiger partial charge in [-0.1, -0.05) is 38.1 Å². The molecule has 246 valence electrons. The number of hydrogen-bond donors (Lipinski definition) is 4. The third-order valence-electron chi connectivity index (χ3n) is 9.23. The molecule has 0 saturated carbocycles. The van der Waals surface area contributed by atoms with Gasteiger partial charge in [-0.2, -0.15) is 0 Å². The average Bonchev–Trinajstić information content (AvgIpc) is 3.76. The molecular weight excluding hydrogens is 595 g/mol. The molecule has 3 atom stereocenters. The van der Waals surface area contributed by atoms with Gasteiger partial charge in [-0.15, -0.1) is 0 Å². The number of carbonyl (C=O) groups excluding carboxylic acids is 2. The molecule has 2 saturated heterocycles. The average molecular weight is 639 g/mol. The summed E-state index contributed by atoms with van der Waals surface area (Å²) < 4.78 is 15.3. The van der Waals surface area contributed by atoms with Gasteiger partial charge in [0.2, 0.25) is 5.91 Å². The Morgan fingerprint density at radius 1 is 1.00 bits per heavy atom. The predicted octanol–water partition coefficient (Wildman–Crippen LogP) is 5.24. The maximum Gasteiger partial charge on any atom is 0.257 e. The second-order valence-electron chi connectivity index (χ2n) is 12.8. The Bertz CT molecular complexity index is 1700. The van der Waals surface area contributed by atoms with Gasteiger partial charge in [0.15, 0.2) is 0 Å². The van der Waals surface area contributed by atoms with Gasteiger partial charge in [0.05, 0.1) is 29.5 Å². The lowest BCUT2D eigenvalue weighted by Crippen LogP contribution is -2.50. The Labute approximate surface area is 275 Å². The van der Waals surface area contributed by atoms with Crippen molar-refractivity contribution in [2.45, 2.75) is 51.7 Å². The molecule has 0 spiro atoms. The first-order valence-corrected chi connectivity index (χ1v) is 16.4. The zero-order chi connectivity index (χ0) is 33.1. The SMILES string of the molecule is CNC(C(=O)N1CCCC1c1ncc(-c2ccc(-c3ccc(NC(=O)c4ccc(N5CCNCC5C)nc4)cc3F)cc2)[nH]1)C(C)C. The molecule has 11 heteroatoms. The number of nitrogens with zero attached hydrogens (tertiary/aromatic N) is 4. The number of likely N-dealkylation sites (tertiary alicyclic amines) is 1. The highest BCUT2D eigenvalue weighted by Gasteiger charge is 2.36. The molecule has 2 aliphatic rings. The van der Waals surface area contributed by atoms with Crippen LogP contribution in [0.25, 0.3) is 22.4 Å². The molecule has 0 aliphatic carbocycles. The third kappa shape index (κ3) is 6.91. The molecule has 2 aromatic carbocycles. The molecule has 4 N–H and O–H groups in total. The summed E-state index contributed by atoms with van der Waals surface area (Å²) in [7, 11) is 1.83. The second kappa shape index (κ2) is 14.0. The zero-order valence-electron chi connectivity index (χ0n) is 27.4. The van der Waals surface area contributed by atoms with Crippen LogP contribution in [0.2, 0.25) is 0 Å². The van der Waals surface area contributed by atoms with Crippen LogP contribution in [0.4, 0.5) is 15.9 Å². The van der Waals surface area contributed by atoms with Crippen molar-refractivity contribution in [2.75, 3.05) is 43.4 Å². The first kappa shape index (κ1) is 32.3. The van der Waals surface area contributed by atoms with E-state index in [2.05, 4.69) is 42.7 Å². The van der Waals surface area contributed by atoms with Crippen LogP contribution in [-0.4, -0.2) is 77.0 Å². The number of rotatable bonds is 9. The number of anilines is 2. The number of pyridine rings is 1. The summed E-state index contributed by atoms with van der Waals surface area (Å²) in [4.78, 5) is 42.9. The van der Waals surface area contributed by atoms with Crippen molar-refractivity contribution < 1.29 is 14.0 Å². The number of hydrogen-bond acceptors (Lipinski definition) is 7. The highest BCUT2D eigenvalue weighted by molar-refractivity contribution is 6.04. The van der Waals surface area contributed by atoms with Crippen LogP contribution in [0.1, 0.15) is 55.8 Å². The number of nitrogens with one attached hydrogen (secondary N) is 4. The minimum atomic E-state index is -0.437. The normalized spacial score (nSPS) is 18.9. The third-order valence-corrected chi connectivity index (χ3v) is 9.23. The molecule has 0 bridgehead atoms. The Balaban J connectivity index is 1.10. The summed E-state index contributed by atoms with van der Waals surface area (Å²) in [6, 6.07) is 15.9. The van der Waals surface area contributed by atoms with E-state index in [9.17, 15) is 9.59 Å². The number of carbonyl (C=O) groups is 2. The van der Waals surface area contributed by atoms with Crippen LogP contribution < -0.4 is 20.9 Å². The summed E-state index contributed by atoms with van der Waals surface area (Å²) in [5, 5.41) is 9.31. The standard InChI is InChI=1S/C36H43FN8O2/c1-22(2)33(38-4)36(47)45-16-5-6-31(45)34-41-21-30(43-34)25-9-7-24(8-10-25)28-13-12-27(18-29(28)37)42-35(46)26-11-14-32(40-20-26)44-17-15-39-19-23(44)3/h7-14,18,20-23,31,33,38-39H,5-6,15-17,19H2,1-4H3,(H,41,43)(H,42,46).